The van der Waals surface area contributed by atoms with E-state index in [4.69, 9.17) is 4.74 Å². The lowest BCUT2D eigenvalue weighted by atomic mass is 9.99. The largest absolute Gasteiger partial charge is 0.494 e. The Kier molecular flexibility index (Phi) is 4.86. The smallest absolute Gasteiger partial charge is 0.145 e. The molecule has 20 heavy (non-hydrogen) atoms. The Bertz CT molecular complexity index is 450. The molecule has 2 rings (SSSR count). The van der Waals surface area contributed by atoms with Gasteiger partial charge in [0, 0.05) is 31.2 Å². The topological polar surface area (TPSA) is 24.5 Å². The molecule has 0 aliphatic carbocycles. The van der Waals surface area contributed by atoms with Gasteiger partial charge in [-0.1, -0.05) is 13.8 Å². The van der Waals surface area contributed by atoms with Crippen molar-refractivity contribution < 1.29 is 9.13 Å². The van der Waals surface area contributed by atoms with Crippen LogP contribution in [-0.2, 0) is 0 Å². The van der Waals surface area contributed by atoms with Crippen molar-refractivity contribution in [2.24, 2.45) is 5.92 Å². The highest BCUT2D eigenvalue weighted by Crippen LogP contribution is 2.31. The fraction of sp³-hybridized carbons (Fsp3) is 0.625. The third-order valence-electron chi connectivity index (χ3n) is 3.86. The normalized spacial score (nSPS) is 23.2. The lowest BCUT2D eigenvalue weighted by molar-refractivity contribution is 0.350. The molecule has 1 aromatic rings. The first kappa shape index (κ1) is 15.1. The van der Waals surface area contributed by atoms with E-state index in [1.807, 2.05) is 6.07 Å². The van der Waals surface area contributed by atoms with Gasteiger partial charge in [0.2, 0.25) is 0 Å². The van der Waals surface area contributed by atoms with Crippen molar-refractivity contribution in [3.63, 3.8) is 0 Å². The van der Waals surface area contributed by atoms with Crippen LogP contribution in [0.5, 0.6) is 5.75 Å². The molecule has 0 aromatic heterocycles. The summed E-state index contributed by atoms with van der Waals surface area (Å²) in [5.41, 5.74) is 0.983. The quantitative estimate of drug-likeness (QED) is 0.917. The van der Waals surface area contributed by atoms with Gasteiger partial charge in [-0.25, -0.2) is 4.39 Å². The second-order valence-corrected chi connectivity index (χ2v) is 6.05. The predicted octanol–water partition coefficient (Wildman–Crippen LogP) is 3.05. The standard InChI is InChI=1S/C16H25FN2O/c1-11(2)7-14-10-19(12(3)9-18-14)15-6-5-13(17)8-16(15)20-4/h5-6,8,11-12,14,18H,7,9-10H2,1-4H3. The Morgan fingerprint density at radius 1 is 1.45 bits per heavy atom. The molecule has 1 saturated heterocycles. The number of nitrogens with zero attached hydrogens (tertiary/aromatic N) is 1. The minimum atomic E-state index is -0.257. The van der Waals surface area contributed by atoms with E-state index in [-0.39, 0.29) is 5.82 Å². The molecule has 2 unspecified atom stereocenters. The summed E-state index contributed by atoms with van der Waals surface area (Å²) in [5, 5.41) is 3.59. The van der Waals surface area contributed by atoms with E-state index in [2.05, 4.69) is 31.0 Å². The second kappa shape index (κ2) is 6.44. The first-order valence-electron chi connectivity index (χ1n) is 7.34. The van der Waals surface area contributed by atoms with Gasteiger partial charge in [0.1, 0.15) is 11.6 Å². The number of benzene rings is 1. The van der Waals surface area contributed by atoms with Crippen molar-refractivity contribution in [2.45, 2.75) is 39.3 Å². The molecule has 0 amide bonds. The van der Waals surface area contributed by atoms with Gasteiger partial charge >= 0.3 is 0 Å². The van der Waals surface area contributed by atoms with E-state index >= 15 is 0 Å². The fourth-order valence-electron chi connectivity index (χ4n) is 2.88. The van der Waals surface area contributed by atoms with E-state index in [0.29, 0.717) is 23.8 Å². The van der Waals surface area contributed by atoms with Gasteiger partial charge in [0.05, 0.1) is 12.8 Å². The van der Waals surface area contributed by atoms with Crippen LogP contribution in [0.4, 0.5) is 10.1 Å². The van der Waals surface area contributed by atoms with Crippen LogP contribution < -0.4 is 15.0 Å². The Hall–Kier alpha value is -1.29. The maximum atomic E-state index is 13.3. The first-order valence-corrected chi connectivity index (χ1v) is 7.34. The highest BCUT2D eigenvalue weighted by Gasteiger charge is 2.27. The summed E-state index contributed by atoms with van der Waals surface area (Å²) in [5.74, 6) is 1.02. The summed E-state index contributed by atoms with van der Waals surface area (Å²) in [7, 11) is 1.59. The van der Waals surface area contributed by atoms with Crippen molar-refractivity contribution in [2.75, 3.05) is 25.1 Å². The Labute approximate surface area is 121 Å². The SMILES string of the molecule is COc1cc(F)ccc1N1CC(CC(C)C)NCC1C. The van der Waals surface area contributed by atoms with Crippen LogP contribution in [0.2, 0.25) is 0 Å². The van der Waals surface area contributed by atoms with Crippen LogP contribution >= 0.6 is 0 Å². The highest BCUT2D eigenvalue weighted by molar-refractivity contribution is 5.59. The number of hydrogen-bond acceptors (Lipinski definition) is 3. The van der Waals surface area contributed by atoms with Gasteiger partial charge < -0.3 is 15.0 Å². The molecule has 112 valence electrons. The summed E-state index contributed by atoms with van der Waals surface area (Å²) < 4.78 is 18.7. The molecule has 2 atom stereocenters. The number of piperazine rings is 1. The molecular formula is C16H25FN2O. The number of methoxy groups -OCH3 is 1. The van der Waals surface area contributed by atoms with E-state index in [0.717, 1.165) is 25.2 Å². The Morgan fingerprint density at radius 3 is 2.85 bits per heavy atom. The summed E-state index contributed by atoms with van der Waals surface area (Å²) in [6.45, 7) is 8.53. The van der Waals surface area contributed by atoms with E-state index in [1.54, 1.807) is 7.11 Å². The Morgan fingerprint density at radius 2 is 2.20 bits per heavy atom. The fourth-order valence-corrected chi connectivity index (χ4v) is 2.88. The van der Waals surface area contributed by atoms with E-state index in [1.165, 1.54) is 12.1 Å². The van der Waals surface area contributed by atoms with Gasteiger partial charge in [-0.3, -0.25) is 0 Å². The number of anilines is 1. The molecule has 0 radical (unpaired) electrons. The van der Waals surface area contributed by atoms with Gasteiger partial charge in [0.25, 0.3) is 0 Å². The number of halogens is 1. The maximum Gasteiger partial charge on any atom is 0.145 e. The van der Waals surface area contributed by atoms with Crippen molar-refractivity contribution in [1.82, 2.24) is 5.32 Å². The predicted molar refractivity (Wildman–Crippen MR) is 81.0 cm³/mol. The third kappa shape index (κ3) is 3.42. The van der Waals surface area contributed by atoms with Crippen LogP contribution in [0.1, 0.15) is 27.2 Å². The van der Waals surface area contributed by atoms with Crippen LogP contribution in [0.15, 0.2) is 18.2 Å². The van der Waals surface area contributed by atoms with Crippen molar-refractivity contribution in [3.05, 3.63) is 24.0 Å². The molecule has 1 fully saturated rings. The summed E-state index contributed by atoms with van der Waals surface area (Å²) >= 11 is 0. The van der Waals surface area contributed by atoms with E-state index < -0.39 is 0 Å². The van der Waals surface area contributed by atoms with Gasteiger partial charge in [-0.15, -0.1) is 0 Å². The zero-order chi connectivity index (χ0) is 14.7. The molecule has 0 spiro atoms. The van der Waals surface area contributed by atoms with Crippen molar-refractivity contribution in [1.29, 1.82) is 0 Å². The molecule has 0 bridgehead atoms. The molecule has 1 heterocycles. The van der Waals surface area contributed by atoms with Crippen molar-refractivity contribution in [3.8, 4) is 5.75 Å². The van der Waals surface area contributed by atoms with Crippen LogP contribution in [-0.4, -0.2) is 32.3 Å². The number of rotatable bonds is 4. The zero-order valence-corrected chi connectivity index (χ0v) is 12.8. The van der Waals surface area contributed by atoms with Crippen molar-refractivity contribution >= 4 is 5.69 Å². The molecule has 1 N–H and O–H groups in total. The summed E-state index contributed by atoms with van der Waals surface area (Å²) in [4.78, 5) is 2.32. The lowest BCUT2D eigenvalue weighted by Crippen LogP contribution is -2.56. The molecule has 4 heteroatoms. The maximum absolute atomic E-state index is 13.3. The zero-order valence-electron chi connectivity index (χ0n) is 12.8. The molecule has 1 aliphatic rings. The Balaban J connectivity index is 2.20. The molecule has 1 aliphatic heterocycles. The average molecular weight is 280 g/mol. The first-order chi connectivity index (χ1) is 9.51. The van der Waals surface area contributed by atoms with Gasteiger partial charge in [-0.05, 0) is 31.4 Å². The monoisotopic (exact) mass is 280 g/mol. The minimum absolute atomic E-state index is 0.257. The van der Waals surface area contributed by atoms with Crippen LogP contribution in [0.25, 0.3) is 0 Å². The minimum Gasteiger partial charge on any atom is -0.494 e. The average Bonchev–Trinajstić information content (AvgIpc) is 2.40. The van der Waals surface area contributed by atoms with Gasteiger partial charge in [-0.2, -0.15) is 0 Å². The lowest BCUT2D eigenvalue weighted by Gasteiger charge is -2.41. The molecule has 3 nitrogen and oxygen atoms in total. The second-order valence-electron chi connectivity index (χ2n) is 6.05. The highest BCUT2D eigenvalue weighted by atomic mass is 19.1. The summed E-state index contributed by atoms with van der Waals surface area (Å²) in [6.07, 6.45) is 1.15. The third-order valence-corrected chi connectivity index (χ3v) is 3.86. The van der Waals surface area contributed by atoms with E-state index in [9.17, 15) is 4.39 Å². The van der Waals surface area contributed by atoms with Crippen LogP contribution in [0, 0.1) is 11.7 Å². The number of nitrogens with one attached hydrogen (secondary N) is 1. The van der Waals surface area contributed by atoms with Crippen LogP contribution in [0.3, 0.4) is 0 Å². The molecule has 1 aromatic carbocycles. The number of ether oxygens (including phenoxy) is 1. The molecular weight excluding hydrogens is 255 g/mol. The van der Waals surface area contributed by atoms with Gasteiger partial charge in [0.15, 0.2) is 0 Å². The number of hydrogen-bond donors (Lipinski definition) is 1. The molecule has 0 saturated carbocycles. The summed E-state index contributed by atoms with van der Waals surface area (Å²) in [6, 6.07) is 5.63.